The summed E-state index contributed by atoms with van der Waals surface area (Å²) in [4.78, 5) is 32.2. The molecule has 5 rings (SSSR count). The first kappa shape index (κ1) is 22.3. The molecule has 1 saturated carbocycles. The zero-order valence-corrected chi connectivity index (χ0v) is 19.6. The summed E-state index contributed by atoms with van der Waals surface area (Å²) in [6.45, 7) is 4.58. The van der Waals surface area contributed by atoms with Gasteiger partial charge in [-0.05, 0) is 61.4 Å². The van der Waals surface area contributed by atoms with E-state index in [1.54, 1.807) is 36.3 Å². The molecule has 176 valence electrons. The maximum absolute atomic E-state index is 14.2. The molecule has 1 aliphatic carbocycles. The maximum atomic E-state index is 14.2. The van der Waals surface area contributed by atoms with Crippen molar-refractivity contribution in [3.05, 3.63) is 59.8 Å². The van der Waals surface area contributed by atoms with Crippen molar-refractivity contribution >= 4 is 23.3 Å². The second kappa shape index (κ2) is 8.34. The highest BCUT2D eigenvalue weighted by Gasteiger charge is 2.52. The fraction of sp³-hybridized carbons (Fsp3) is 0.385. The normalized spacial score (nSPS) is 20.1. The van der Waals surface area contributed by atoms with E-state index in [9.17, 15) is 14.0 Å². The lowest BCUT2D eigenvalue weighted by Crippen LogP contribution is -2.34. The highest BCUT2D eigenvalue weighted by Crippen LogP contribution is 2.52. The van der Waals surface area contributed by atoms with Gasteiger partial charge in [0.25, 0.3) is 0 Å². The minimum Gasteiger partial charge on any atom is -0.312 e. The van der Waals surface area contributed by atoms with Crippen LogP contribution in [0.2, 0.25) is 0 Å². The summed E-state index contributed by atoms with van der Waals surface area (Å²) in [6.07, 6.45) is 6.54. The third-order valence-electron chi connectivity index (χ3n) is 6.94. The Kier molecular flexibility index (Phi) is 5.46. The third kappa shape index (κ3) is 4.32. The lowest BCUT2D eigenvalue weighted by molar-refractivity contribution is -0.125. The molecule has 2 aromatic heterocycles. The van der Waals surface area contributed by atoms with Crippen molar-refractivity contribution in [3.63, 3.8) is 0 Å². The monoisotopic (exact) mass is 461 g/mol. The minimum atomic E-state index is -0.411. The summed E-state index contributed by atoms with van der Waals surface area (Å²) >= 11 is 0. The van der Waals surface area contributed by atoms with Crippen LogP contribution in [0.15, 0.2) is 42.7 Å². The Balaban J connectivity index is 1.31. The van der Waals surface area contributed by atoms with Crippen LogP contribution >= 0.6 is 0 Å². The van der Waals surface area contributed by atoms with Crippen molar-refractivity contribution in [2.75, 3.05) is 16.8 Å². The zero-order valence-electron chi connectivity index (χ0n) is 19.6. The Hall–Kier alpha value is -3.55. The molecule has 1 aliphatic heterocycles. The molecule has 2 amide bonds. The molecular weight excluding hydrogens is 433 g/mol. The van der Waals surface area contributed by atoms with Crippen LogP contribution in [0.25, 0.3) is 11.1 Å². The molecule has 34 heavy (non-hydrogen) atoms. The standard InChI is InChI=1S/C26H28FN5O2/c1-16-8-22(32-7-6-26(2,25(32)34)20-4-5-20)13-23(29-16)30-24(33)11-17-9-18(12-21(27)10-17)19-14-28-31(3)15-19/h8-10,12-15,20H,4-7,11H2,1-3H3,(H,29,30,33)/t26-/m0/s1. The lowest BCUT2D eigenvalue weighted by Gasteiger charge is -2.23. The van der Waals surface area contributed by atoms with Crippen LogP contribution in [0, 0.1) is 24.1 Å². The van der Waals surface area contributed by atoms with E-state index in [1.807, 2.05) is 17.9 Å². The number of nitrogens with one attached hydrogen (secondary N) is 1. The quantitative estimate of drug-likeness (QED) is 0.595. The van der Waals surface area contributed by atoms with Gasteiger partial charge in [0.15, 0.2) is 0 Å². The van der Waals surface area contributed by atoms with Crippen molar-refractivity contribution in [2.45, 2.75) is 39.5 Å². The molecule has 0 unspecified atom stereocenters. The fourth-order valence-corrected chi connectivity index (χ4v) is 4.94. The van der Waals surface area contributed by atoms with E-state index < -0.39 is 5.82 Å². The predicted molar refractivity (Wildman–Crippen MR) is 128 cm³/mol. The van der Waals surface area contributed by atoms with Gasteiger partial charge in [-0.2, -0.15) is 5.10 Å². The number of aryl methyl sites for hydroxylation is 2. The molecule has 8 heteroatoms. The third-order valence-corrected chi connectivity index (χ3v) is 6.94. The van der Waals surface area contributed by atoms with E-state index in [-0.39, 0.29) is 23.7 Å². The van der Waals surface area contributed by atoms with Crippen LogP contribution < -0.4 is 10.2 Å². The Morgan fingerprint density at radius 3 is 2.71 bits per heavy atom. The van der Waals surface area contributed by atoms with Gasteiger partial charge in [0.2, 0.25) is 11.8 Å². The van der Waals surface area contributed by atoms with E-state index in [0.29, 0.717) is 35.1 Å². The molecule has 1 saturated heterocycles. The number of aromatic nitrogens is 3. The van der Waals surface area contributed by atoms with Gasteiger partial charge in [0.05, 0.1) is 18.0 Å². The number of rotatable bonds is 6. The smallest absolute Gasteiger partial charge is 0.233 e. The number of hydrogen-bond donors (Lipinski definition) is 1. The number of carbonyl (C=O) groups is 2. The molecule has 1 aromatic carbocycles. The summed E-state index contributed by atoms with van der Waals surface area (Å²) in [7, 11) is 1.79. The summed E-state index contributed by atoms with van der Waals surface area (Å²) in [5.74, 6) is 0.306. The van der Waals surface area contributed by atoms with Crippen molar-refractivity contribution in [2.24, 2.45) is 18.4 Å². The number of nitrogens with zero attached hydrogens (tertiary/aromatic N) is 4. The summed E-state index contributed by atoms with van der Waals surface area (Å²) in [5.41, 5.74) is 3.18. The molecule has 3 aromatic rings. The van der Waals surface area contributed by atoms with Crippen molar-refractivity contribution < 1.29 is 14.0 Å². The Morgan fingerprint density at radius 2 is 2.00 bits per heavy atom. The second-order valence-corrected chi connectivity index (χ2v) is 9.73. The van der Waals surface area contributed by atoms with E-state index >= 15 is 0 Å². The Labute approximate surface area is 198 Å². The maximum Gasteiger partial charge on any atom is 0.233 e. The van der Waals surface area contributed by atoms with E-state index in [2.05, 4.69) is 22.3 Å². The van der Waals surface area contributed by atoms with Gasteiger partial charge < -0.3 is 10.2 Å². The SMILES string of the molecule is Cc1cc(N2CC[C@@](C)(C3CC3)C2=O)cc(NC(=O)Cc2cc(F)cc(-c3cnn(C)c3)c2)n1. The molecule has 0 bridgehead atoms. The minimum absolute atomic E-state index is 0.00161. The molecule has 7 nitrogen and oxygen atoms in total. The largest absolute Gasteiger partial charge is 0.312 e. The zero-order chi connectivity index (χ0) is 24.0. The van der Waals surface area contributed by atoms with Gasteiger partial charge in [0.1, 0.15) is 11.6 Å². The molecule has 0 radical (unpaired) electrons. The number of hydrogen-bond acceptors (Lipinski definition) is 4. The average molecular weight is 462 g/mol. The number of anilines is 2. The molecule has 2 aliphatic rings. The van der Waals surface area contributed by atoms with Crippen molar-refractivity contribution in [1.29, 1.82) is 0 Å². The van der Waals surface area contributed by atoms with Gasteiger partial charge in [-0.1, -0.05) is 13.0 Å². The number of halogens is 1. The molecule has 0 spiro atoms. The molecule has 1 N–H and O–H groups in total. The number of benzene rings is 1. The summed E-state index contributed by atoms with van der Waals surface area (Å²) in [5, 5.41) is 6.95. The molecule has 3 heterocycles. The van der Waals surface area contributed by atoms with Gasteiger partial charge in [0, 0.05) is 42.8 Å². The number of carbonyl (C=O) groups excluding carboxylic acids is 2. The van der Waals surface area contributed by atoms with Crippen LogP contribution in [-0.4, -0.2) is 33.1 Å². The van der Waals surface area contributed by atoms with Gasteiger partial charge >= 0.3 is 0 Å². The van der Waals surface area contributed by atoms with Crippen LogP contribution in [0.4, 0.5) is 15.9 Å². The highest BCUT2D eigenvalue weighted by atomic mass is 19.1. The average Bonchev–Trinajstić information content (AvgIpc) is 3.46. The first-order valence-corrected chi connectivity index (χ1v) is 11.6. The van der Waals surface area contributed by atoms with E-state index in [0.717, 1.165) is 30.5 Å². The number of pyridine rings is 1. The molecular formula is C26H28FN5O2. The van der Waals surface area contributed by atoms with Crippen molar-refractivity contribution in [3.8, 4) is 11.1 Å². The van der Waals surface area contributed by atoms with Gasteiger partial charge in [-0.25, -0.2) is 9.37 Å². The van der Waals surface area contributed by atoms with Crippen LogP contribution in [0.3, 0.4) is 0 Å². The fourth-order valence-electron chi connectivity index (χ4n) is 4.94. The predicted octanol–water partition coefficient (Wildman–Crippen LogP) is 4.26. The number of amides is 2. The van der Waals surface area contributed by atoms with Gasteiger partial charge in [-0.15, -0.1) is 0 Å². The first-order valence-electron chi connectivity index (χ1n) is 11.6. The van der Waals surface area contributed by atoms with Crippen LogP contribution in [0.5, 0.6) is 0 Å². The summed E-state index contributed by atoms with van der Waals surface area (Å²) in [6, 6.07) is 8.19. The summed E-state index contributed by atoms with van der Waals surface area (Å²) < 4.78 is 15.9. The molecule has 1 atom stereocenters. The van der Waals surface area contributed by atoms with Gasteiger partial charge in [-0.3, -0.25) is 14.3 Å². The van der Waals surface area contributed by atoms with Crippen LogP contribution in [0.1, 0.15) is 37.4 Å². The Bertz CT molecular complexity index is 1280. The first-order chi connectivity index (χ1) is 16.2. The van der Waals surface area contributed by atoms with Crippen LogP contribution in [-0.2, 0) is 23.1 Å². The van der Waals surface area contributed by atoms with E-state index in [1.165, 1.54) is 12.1 Å². The van der Waals surface area contributed by atoms with E-state index in [4.69, 9.17) is 0 Å². The second-order valence-electron chi connectivity index (χ2n) is 9.73. The highest BCUT2D eigenvalue weighted by molar-refractivity contribution is 6.01. The lowest BCUT2D eigenvalue weighted by atomic mass is 9.83. The Morgan fingerprint density at radius 1 is 1.21 bits per heavy atom. The topological polar surface area (TPSA) is 80.1 Å². The molecule has 2 fully saturated rings. The van der Waals surface area contributed by atoms with Crippen molar-refractivity contribution in [1.82, 2.24) is 14.8 Å².